The van der Waals surface area contributed by atoms with E-state index in [1.165, 1.54) is 0 Å². The Kier molecular flexibility index (Phi) is 15.6. The van der Waals surface area contributed by atoms with Crippen LogP contribution in [0.3, 0.4) is 0 Å². The number of hydrogen-bond acceptors (Lipinski definition) is 11. The molecule has 0 bridgehead atoms. The van der Waals surface area contributed by atoms with Crippen molar-refractivity contribution in [3.05, 3.63) is 179 Å². The van der Waals surface area contributed by atoms with E-state index in [1.807, 2.05) is 152 Å². The van der Waals surface area contributed by atoms with Crippen LogP contribution in [0.1, 0.15) is 27.8 Å². The smallest absolute Gasteiger partial charge is 0.187 e. The zero-order valence-corrected chi connectivity index (χ0v) is 32.3. The van der Waals surface area contributed by atoms with Crippen LogP contribution in [-0.4, -0.2) is 89.9 Å². The Morgan fingerprint density at radius 2 is 0.810 bits per heavy atom. The molecule has 2 heterocycles. The Hall–Kier alpha value is -4.34. The van der Waals surface area contributed by atoms with Gasteiger partial charge in [-0.3, -0.25) is 0 Å². The maximum atomic E-state index is 11.5. The summed E-state index contributed by atoms with van der Waals surface area (Å²) in [5, 5.41) is 33.0. The first-order chi connectivity index (χ1) is 28.6. The van der Waals surface area contributed by atoms with Gasteiger partial charge in [-0.2, -0.15) is 0 Å². The highest BCUT2D eigenvalue weighted by atomic mass is 16.8. The first kappa shape index (κ1) is 41.8. The van der Waals surface area contributed by atoms with Crippen LogP contribution in [0, 0.1) is 0 Å². The van der Waals surface area contributed by atoms with Gasteiger partial charge in [0.15, 0.2) is 12.6 Å². The van der Waals surface area contributed by atoms with E-state index in [9.17, 15) is 15.3 Å². The molecule has 0 amide bonds. The van der Waals surface area contributed by atoms with E-state index in [0.29, 0.717) is 6.61 Å². The zero-order chi connectivity index (χ0) is 39.9. The van der Waals surface area contributed by atoms with Crippen LogP contribution in [-0.2, 0) is 70.9 Å². The van der Waals surface area contributed by atoms with Gasteiger partial charge in [-0.25, -0.2) is 0 Å². The molecule has 1 unspecified atom stereocenters. The van der Waals surface area contributed by atoms with E-state index < -0.39 is 68.0 Å². The van der Waals surface area contributed by atoms with Crippen molar-refractivity contribution in [3.8, 4) is 0 Å². The molecule has 2 saturated heterocycles. The maximum Gasteiger partial charge on any atom is 0.187 e. The number of hydrogen-bond donors (Lipinski definition) is 3. The molecule has 5 aromatic carbocycles. The Balaban J connectivity index is 1.23. The van der Waals surface area contributed by atoms with Crippen LogP contribution in [0.2, 0.25) is 0 Å². The van der Waals surface area contributed by atoms with Gasteiger partial charge in [0, 0.05) is 0 Å². The van der Waals surface area contributed by atoms with E-state index in [0.717, 1.165) is 27.8 Å². The average molecular weight is 793 g/mol. The molecule has 306 valence electrons. The molecule has 2 fully saturated rings. The molecule has 0 aromatic heterocycles. The summed E-state index contributed by atoms with van der Waals surface area (Å²) in [7, 11) is 0. The van der Waals surface area contributed by atoms with Crippen molar-refractivity contribution in [2.75, 3.05) is 13.2 Å². The van der Waals surface area contributed by atoms with Gasteiger partial charge in [-0.05, 0) is 27.8 Å². The molecule has 11 heteroatoms. The minimum absolute atomic E-state index is 0.0949. The van der Waals surface area contributed by atoms with Crippen molar-refractivity contribution in [1.29, 1.82) is 0 Å². The third kappa shape index (κ3) is 11.4. The van der Waals surface area contributed by atoms with Crippen molar-refractivity contribution in [3.63, 3.8) is 0 Å². The summed E-state index contributed by atoms with van der Waals surface area (Å²) in [6.07, 6.45) is -10.9. The molecule has 5 aromatic rings. The Bertz CT molecular complexity index is 1870. The zero-order valence-electron chi connectivity index (χ0n) is 32.3. The fourth-order valence-corrected chi connectivity index (χ4v) is 7.17. The summed E-state index contributed by atoms with van der Waals surface area (Å²) in [6, 6.07) is 48.7. The molecular formula is C47H52O11. The number of aliphatic hydroxyl groups is 3. The van der Waals surface area contributed by atoms with Crippen LogP contribution >= 0.6 is 0 Å². The van der Waals surface area contributed by atoms with E-state index in [2.05, 4.69) is 0 Å². The molecule has 2 aliphatic heterocycles. The lowest BCUT2D eigenvalue weighted by Gasteiger charge is -2.49. The van der Waals surface area contributed by atoms with Crippen LogP contribution in [0.25, 0.3) is 0 Å². The SMILES string of the molecule is OC[C@H]1O[C@@H](O)[C@H](OC2O[C@H](COCc3ccccc3)[C@@H](OCc3ccccc3)[C@H](OCc3ccccc3)[C@H]2OCc2ccccc2)[C@@H](OCc2ccccc2)[C@H]1O. The molecule has 10 atom stereocenters. The second kappa shape index (κ2) is 21.6. The molecule has 11 nitrogen and oxygen atoms in total. The van der Waals surface area contributed by atoms with Crippen molar-refractivity contribution in [2.24, 2.45) is 0 Å². The lowest BCUT2D eigenvalue weighted by atomic mass is 9.96. The quantitative estimate of drug-likeness (QED) is 0.0948. The number of aliphatic hydroxyl groups excluding tert-OH is 3. The average Bonchev–Trinajstić information content (AvgIpc) is 3.27. The van der Waals surface area contributed by atoms with Crippen molar-refractivity contribution in [2.45, 2.75) is 94.4 Å². The van der Waals surface area contributed by atoms with Crippen LogP contribution < -0.4 is 0 Å². The van der Waals surface area contributed by atoms with Gasteiger partial charge in [0.2, 0.25) is 0 Å². The van der Waals surface area contributed by atoms with Crippen LogP contribution in [0.4, 0.5) is 0 Å². The first-order valence-corrected chi connectivity index (χ1v) is 19.7. The van der Waals surface area contributed by atoms with Gasteiger partial charge < -0.3 is 53.2 Å². The highest BCUT2D eigenvalue weighted by molar-refractivity contribution is 5.17. The first-order valence-electron chi connectivity index (χ1n) is 19.7. The van der Waals surface area contributed by atoms with Crippen molar-refractivity contribution >= 4 is 0 Å². The van der Waals surface area contributed by atoms with Crippen LogP contribution in [0.5, 0.6) is 0 Å². The van der Waals surface area contributed by atoms with E-state index in [1.54, 1.807) is 0 Å². The third-order valence-corrected chi connectivity index (χ3v) is 10.2. The minimum atomic E-state index is -1.61. The lowest BCUT2D eigenvalue weighted by Crippen LogP contribution is -2.65. The van der Waals surface area contributed by atoms with E-state index in [-0.39, 0.29) is 33.0 Å². The molecule has 7 rings (SSSR count). The molecule has 0 spiro atoms. The summed E-state index contributed by atoms with van der Waals surface area (Å²) in [5.74, 6) is 0. The monoisotopic (exact) mass is 792 g/mol. The molecule has 0 radical (unpaired) electrons. The van der Waals surface area contributed by atoms with E-state index >= 15 is 0 Å². The number of benzene rings is 5. The largest absolute Gasteiger partial charge is 0.394 e. The Morgan fingerprint density at radius 1 is 0.414 bits per heavy atom. The van der Waals surface area contributed by atoms with Crippen molar-refractivity contribution < 1.29 is 53.2 Å². The Labute approximate surface area is 339 Å². The van der Waals surface area contributed by atoms with Gasteiger partial charge in [0.1, 0.15) is 48.8 Å². The molecule has 0 aliphatic carbocycles. The molecule has 3 N–H and O–H groups in total. The molecule has 0 saturated carbocycles. The van der Waals surface area contributed by atoms with Gasteiger partial charge >= 0.3 is 0 Å². The molecule has 2 aliphatic rings. The molecule has 58 heavy (non-hydrogen) atoms. The topological polar surface area (TPSA) is 135 Å². The fraction of sp³-hybridized carbons (Fsp3) is 0.362. The second-order valence-electron chi connectivity index (χ2n) is 14.4. The van der Waals surface area contributed by atoms with Gasteiger partial charge in [-0.15, -0.1) is 0 Å². The highest BCUT2D eigenvalue weighted by Crippen LogP contribution is 2.35. The standard InChI is InChI=1S/C47H52O11/c48-26-38-40(49)42(53-29-35-20-10-3-11-21-35)44(46(50)56-38)58-47-45(55-31-37-24-14-5-15-25-37)43(54-30-36-22-12-4-13-23-36)41(52-28-34-18-8-2-9-19-34)39(57-47)32-51-27-33-16-6-1-7-17-33/h1-25,38-50H,26-32H2/t38-,39-,40+,41-,42+,43+,44-,45-,46-,47?/m1/s1. The Morgan fingerprint density at radius 3 is 1.26 bits per heavy atom. The summed E-state index contributed by atoms with van der Waals surface area (Å²) >= 11 is 0. The van der Waals surface area contributed by atoms with Gasteiger partial charge in [0.05, 0.1) is 46.2 Å². The summed E-state index contributed by atoms with van der Waals surface area (Å²) in [6.45, 7) is 0.620. The number of rotatable bonds is 19. The van der Waals surface area contributed by atoms with Crippen molar-refractivity contribution in [1.82, 2.24) is 0 Å². The van der Waals surface area contributed by atoms with Gasteiger partial charge in [-0.1, -0.05) is 152 Å². The van der Waals surface area contributed by atoms with Gasteiger partial charge in [0.25, 0.3) is 0 Å². The minimum Gasteiger partial charge on any atom is -0.394 e. The van der Waals surface area contributed by atoms with E-state index in [4.69, 9.17) is 37.9 Å². The maximum absolute atomic E-state index is 11.5. The fourth-order valence-electron chi connectivity index (χ4n) is 7.17. The third-order valence-electron chi connectivity index (χ3n) is 10.2. The van der Waals surface area contributed by atoms with Crippen LogP contribution in [0.15, 0.2) is 152 Å². The summed E-state index contributed by atoms with van der Waals surface area (Å²) < 4.78 is 52.2. The molecular weight excluding hydrogens is 741 g/mol. The number of ether oxygens (including phenoxy) is 8. The predicted octanol–water partition coefficient (Wildman–Crippen LogP) is 5.73. The normalized spacial score (nSPS) is 27.3. The highest BCUT2D eigenvalue weighted by Gasteiger charge is 2.53. The predicted molar refractivity (Wildman–Crippen MR) is 214 cm³/mol. The summed E-state index contributed by atoms with van der Waals surface area (Å²) in [5.41, 5.74) is 4.64. The second-order valence-corrected chi connectivity index (χ2v) is 14.4. The summed E-state index contributed by atoms with van der Waals surface area (Å²) in [4.78, 5) is 0. The lowest BCUT2D eigenvalue weighted by molar-refractivity contribution is -0.376.